The fourth-order valence-corrected chi connectivity index (χ4v) is 3.18. The van der Waals surface area contributed by atoms with E-state index in [0.717, 1.165) is 77.0 Å². The fourth-order valence-electron chi connectivity index (χ4n) is 3.18. The summed E-state index contributed by atoms with van der Waals surface area (Å²) in [5, 5.41) is 19.1. The van der Waals surface area contributed by atoms with E-state index in [1.54, 1.807) is 0 Å². The molecule has 0 spiro atoms. The van der Waals surface area contributed by atoms with E-state index in [0.29, 0.717) is 6.47 Å². The van der Waals surface area contributed by atoms with Gasteiger partial charge in [0, 0.05) is 0 Å². The van der Waals surface area contributed by atoms with Crippen LogP contribution in [0.3, 0.4) is 0 Å². The van der Waals surface area contributed by atoms with Crippen molar-refractivity contribution in [2.24, 2.45) is 5.41 Å². The van der Waals surface area contributed by atoms with Crippen LogP contribution in [-0.4, -0.2) is 34.4 Å². The first-order chi connectivity index (χ1) is 11.3. The van der Waals surface area contributed by atoms with Gasteiger partial charge in [0.2, 0.25) is 0 Å². The first-order valence-corrected chi connectivity index (χ1v) is 9.34. The Labute approximate surface area is 145 Å². The molecule has 1 saturated carbocycles. The van der Waals surface area contributed by atoms with Gasteiger partial charge in [-0.15, -0.1) is 0 Å². The Bertz CT molecular complexity index is 387. The molecule has 5 nitrogen and oxygen atoms in total. The minimum atomic E-state index is -0.635. The summed E-state index contributed by atoms with van der Waals surface area (Å²) >= 11 is 0. The lowest BCUT2D eigenvalue weighted by atomic mass is 9.96. The number of unbranched alkanes of at least 4 members (excludes halogenated alkanes) is 4. The van der Waals surface area contributed by atoms with E-state index in [2.05, 4.69) is 0 Å². The Kier molecular flexibility index (Phi) is 8.74. The van der Waals surface area contributed by atoms with Crippen molar-refractivity contribution in [3.05, 3.63) is 0 Å². The second kappa shape index (κ2) is 10.0. The van der Waals surface area contributed by atoms with Crippen molar-refractivity contribution < 1.29 is 24.5 Å². The predicted molar refractivity (Wildman–Crippen MR) is 92.7 cm³/mol. The molecule has 140 valence electrons. The predicted octanol–water partition coefficient (Wildman–Crippen LogP) is 4.06. The number of ether oxygens (including phenoxy) is 1. The number of hydrogen-bond donors (Lipinski definition) is 2. The molecule has 0 heterocycles. The Morgan fingerprint density at radius 3 is 2.21 bits per heavy atom. The average molecular weight is 342 g/mol. The molecule has 0 aromatic heterocycles. The fraction of sp³-hybridized carbons (Fsp3) is 0.895. The number of carboxylic acids is 1. The molecule has 1 fully saturated rings. The summed E-state index contributed by atoms with van der Waals surface area (Å²) in [5.74, 6) is -0.635. The largest absolute Gasteiger partial charge is 0.481 e. The van der Waals surface area contributed by atoms with Gasteiger partial charge < -0.3 is 14.9 Å². The van der Waals surface area contributed by atoms with E-state index < -0.39 is 17.0 Å². The number of aliphatic hydroxyl groups is 1. The van der Waals surface area contributed by atoms with Gasteiger partial charge in [0.15, 0.2) is 0 Å². The third-order valence-corrected chi connectivity index (χ3v) is 5.18. The normalized spacial score (nSPS) is 17.3. The van der Waals surface area contributed by atoms with Crippen LogP contribution >= 0.6 is 0 Å². The molecule has 0 aromatic carbocycles. The van der Waals surface area contributed by atoms with E-state index in [-0.39, 0.29) is 6.10 Å². The van der Waals surface area contributed by atoms with Gasteiger partial charge in [-0.2, -0.15) is 0 Å². The number of aliphatic hydroxyl groups excluding tert-OH is 1. The smallest absolute Gasteiger partial charge is 0.309 e. The average Bonchev–Trinajstić information content (AvgIpc) is 3.27. The van der Waals surface area contributed by atoms with Gasteiger partial charge in [-0.25, -0.2) is 0 Å². The summed E-state index contributed by atoms with van der Waals surface area (Å²) in [6.45, 7) is 4.32. The zero-order chi connectivity index (χ0) is 18.1. The molecule has 24 heavy (non-hydrogen) atoms. The summed E-state index contributed by atoms with van der Waals surface area (Å²) in [6, 6.07) is 0. The van der Waals surface area contributed by atoms with Crippen LogP contribution in [0.4, 0.5) is 0 Å². The molecular formula is C19H34O5. The van der Waals surface area contributed by atoms with E-state index >= 15 is 0 Å². The topological polar surface area (TPSA) is 83.8 Å². The van der Waals surface area contributed by atoms with Crippen LogP contribution < -0.4 is 0 Å². The molecule has 1 aliphatic rings. The zero-order valence-electron chi connectivity index (χ0n) is 15.3. The van der Waals surface area contributed by atoms with E-state index in [1.807, 2.05) is 13.8 Å². The van der Waals surface area contributed by atoms with Crippen molar-refractivity contribution in [2.45, 2.75) is 103 Å². The molecule has 0 saturated heterocycles. The molecule has 1 aliphatic carbocycles. The maximum Gasteiger partial charge on any atom is 0.309 e. The standard InChI is InChI=1S/C19H34O5/c1-18(2,24-15-20)11-7-3-5-9-16(21)10-6-4-8-12-19(13-14-19)17(22)23/h15-16,21H,3-14H2,1-2H3,(H,22,23). The SMILES string of the molecule is CC(C)(CCCCCC(O)CCCCCC1(C(=O)O)CC1)OC=O. The number of rotatable bonds is 15. The molecule has 0 bridgehead atoms. The summed E-state index contributed by atoms with van der Waals surface area (Å²) < 4.78 is 5.01. The highest BCUT2D eigenvalue weighted by atomic mass is 16.5. The van der Waals surface area contributed by atoms with Crippen LogP contribution in [0.25, 0.3) is 0 Å². The molecule has 1 unspecified atom stereocenters. The van der Waals surface area contributed by atoms with Gasteiger partial charge in [-0.1, -0.05) is 32.1 Å². The van der Waals surface area contributed by atoms with Gasteiger partial charge >= 0.3 is 5.97 Å². The number of carbonyl (C=O) groups is 2. The zero-order valence-corrected chi connectivity index (χ0v) is 15.3. The highest BCUT2D eigenvalue weighted by Crippen LogP contribution is 2.50. The number of carboxylic acid groups (broad SMARTS) is 1. The van der Waals surface area contributed by atoms with Crippen molar-refractivity contribution >= 4 is 12.4 Å². The maximum absolute atomic E-state index is 11.1. The Balaban J connectivity index is 1.94. The molecule has 1 rings (SSSR count). The molecule has 0 radical (unpaired) electrons. The first-order valence-electron chi connectivity index (χ1n) is 9.34. The van der Waals surface area contributed by atoms with Crippen molar-refractivity contribution in [1.29, 1.82) is 0 Å². The van der Waals surface area contributed by atoms with Gasteiger partial charge in [0.1, 0.15) is 5.60 Å². The molecule has 0 amide bonds. The second-order valence-electron chi connectivity index (χ2n) is 7.91. The van der Waals surface area contributed by atoms with Crippen LogP contribution in [0.5, 0.6) is 0 Å². The number of aliphatic carboxylic acids is 1. The monoisotopic (exact) mass is 342 g/mol. The van der Waals surface area contributed by atoms with Crippen LogP contribution in [-0.2, 0) is 14.3 Å². The molecular weight excluding hydrogens is 308 g/mol. The summed E-state index contributed by atoms with van der Waals surface area (Å²) in [7, 11) is 0. The van der Waals surface area contributed by atoms with Crippen molar-refractivity contribution in [3.63, 3.8) is 0 Å². The molecule has 0 aromatic rings. The summed E-state index contributed by atoms with van der Waals surface area (Å²) in [4.78, 5) is 21.4. The Morgan fingerprint density at radius 2 is 1.71 bits per heavy atom. The van der Waals surface area contributed by atoms with Crippen LogP contribution in [0, 0.1) is 5.41 Å². The molecule has 5 heteroatoms. The van der Waals surface area contributed by atoms with Gasteiger partial charge in [-0.05, 0) is 58.8 Å². The quantitative estimate of drug-likeness (QED) is 0.346. The van der Waals surface area contributed by atoms with Crippen molar-refractivity contribution in [2.75, 3.05) is 0 Å². The van der Waals surface area contributed by atoms with Crippen LogP contribution in [0.1, 0.15) is 90.9 Å². The lowest BCUT2D eigenvalue weighted by molar-refractivity contribution is -0.144. The lowest BCUT2D eigenvalue weighted by Crippen LogP contribution is -2.23. The number of carbonyl (C=O) groups excluding carboxylic acids is 1. The first kappa shape index (κ1) is 20.9. The van der Waals surface area contributed by atoms with Gasteiger partial charge in [-0.3, -0.25) is 9.59 Å². The lowest BCUT2D eigenvalue weighted by Gasteiger charge is -2.22. The minimum Gasteiger partial charge on any atom is -0.481 e. The molecule has 0 aliphatic heterocycles. The Morgan fingerprint density at radius 1 is 1.12 bits per heavy atom. The van der Waals surface area contributed by atoms with E-state index in [9.17, 15) is 14.7 Å². The minimum absolute atomic E-state index is 0.251. The third kappa shape index (κ3) is 8.13. The van der Waals surface area contributed by atoms with Crippen molar-refractivity contribution in [3.8, 4) is 0 Å². The van der Waals surface area contributed by atoms with Crippen LogP contribution in [0.2, 0.25) is 0 Å². The van der Waals surface area contributed by atoms with Gasteiger partial charge in [0.25, 0.3) is 6.47 Å². The highest BCUT2D eigenvalue weighted by molar-refractivity contribution is 5.77. The summed E-state index contributed by atoms with van der Waals surface area (Å²) in [6.07, 6.45) is 10.6. The number of hydrogen-bond acceptors (Lipinski definition) is 4. The Hall–Kier alpha value is -1.10. The van der Waals surface area contributed by atoms with Crippen molar-refractivity contribution in [1.82, 2.24) is 0 Å². The van der Waals surface area contributed by atoms with E-state index in [4.69, 9.17) is 9.84 Å². The molecule has 1 atom stereocenters. The van der Waals surface area contributed by atoms with Gasteiger partial charge in [0.05, 0.1) is 11.5 Å². The van der Waals surface area contributed by atoms with Crippen LogP contribution in [0.15, 0.2) is 0 Å². The highest BCUT2D eigenvalue weighted by Gasteiger charge is 2.49. The summed E-state index contributed by atoms with van der Waals surface area (Å²) in [5.41, 5.74) is -0.796. The second-order valence-corrected chi connectivity index (χ2v) is 7.91. The molecule has 2 N–H and O–H groups in total. The van der Waals surface area contributed by atoms with E-state index in [1.165, 1.54) is 0 Å². The maximum atomic E-state index is 11.1. The third-order valence-electron chi connectivity index (χ3n) is 5.18.